The number of ether oxygens (including phenoxy) is 3. The molecule has 1 saturated heterocycles. The third kappa shape index (κ3) is 4.77. The van der Waals surface area contributed by atoms with Gasteiger partial charge in [-0.25, -0.2) is 0 Å². The highest BCUT2D eigenvalue weighted by atomic mass is 16.5. The highest BCUT2D eigenvalue weighted by Gasteiger charge is 2.37. The lowest BCUT2D eigenvalue weighted by Crippen LogP contribution is -2.49. The predicted molar refractivity (Wildman–Crippen MR) is 117 cm³/mol. The van der Waals surface area contributed by atoms with Gasteiger partial charge in [0.25, 0.3) is 5.91 Å². The highest BCUT2D eigenvalue weighted by molar-refractivity contribution is 5.92. The number of methoxy groups -OCH3 is 1. The molecule has 2 aromatic carbocycles. The van der Waals surface area contributed by atoms with Gasteiger partial charge in [-0.15, -0.1) is 0 Å². The number of carbonyl (C=O) groups excluding carboxylic acids is 1. The molecule has 1 aliphatic heterocycles. The molecule has 6 heteroatoms. The van der Waals surface area contributed by atoms with Gasteiger partial charge in [0.05, 0.1) is 13.2 Å². The number of nitrogens with one attached hydrogen (secondary N) is 1. The zero-order chi connectivity index (χ0) is 20.9. The van der Waals surface area contributed by atoms with Crippen molar-refractivity contribution in [2.24, 2.45) is 0 Å². The largest absolute Gasteiger partial charge is 0.493 e. The molecule has 1 amide bonds. The Kier molecular flexibility index (Phi) is 6.87. The fourth-order valence-corrected chi connectivity index (χ4v) is 4.08. The summed E-state index contributed by atoms with van der Waals surface area (Å²) in [5.41, 5.74) is 2.34. The lowest BCUT2D eigenvalue weighted by atomic mass is 9.98. The van der Waals surface area contributed by atoms with Crippen LogP contribution in [0.2, 0.25) is 0 Å². The van der Waals surface area contributed by atoms with Crippen molar-refractivity contribution in [2.45, 2.75) is 44.9 Å². The average molecular weight is 413 g/mol. The number of aryl methyl sites for hydroxylation is 1. The molecule has 4 rings (SSSR count). The maximum Gasteiger partial charge on any atom is 0.253 e. The zero-order valence-corrected chi connectivity index (χ0v) is 18.0. The van der Waals surface area contributed by atoms with Crippen molar-refractivity contribution in [3.8, 4) is 5.75 Å². The van der Waals surface area contributed by atoms with Crippen molar-refractivity contribution in [3.05, 3.63) is 41.5 Å². The van der Waals surface area contributed by atoms with E-state index in [-0.39, 0.29) is 12.0 Å². The molecule has 1 saturated carbocycles. The maximum absolute atomic E-state index is 13.2. The monoisotopic (exact) mass is 412 g/mol. The van der Waals surface area contributed by atoms with Crippen LogP contribution in [0.3, 0.4) is 0 Å². The molecule has 1 atom stereocenters. The summed E-state index contributed by atoms with van der Waals surface area (Å²) in [7, 11) is 1.70. The van der Waals surface area contributed by atoms with Crippen LogP contribution in [0.25, 0.3) is 10.8 Å². The van der Waals surface area contributed by atoms with Crippen molar-refractivity contribution < 1.29 is 19.0 Å². The van der Waals surface area contributed by atoms with Crippen molar-refractivity contribution in [2.75, 3.05) is 40.0 Å². The molecule has 1 N–H and O–H groups in total. The molecule has 162 valence electrons. The van der Waals surface area contributed by atoms with E-state index in [0.717, 1.165) is 42.5 Å². The first-order valence-electron chi connectivity index (χ1n) is 10.9. The molecular weight excluding hydrogens is 380 g/mol. The van der Waals surface area contributed by atoms with Crippen LogP contribution >= 0.6 is 0 Å². The summed E-state index contributed by atoms with van der Waals surface area (Å²) in [5.74, 6) is 0.973. The first-order chi connectivity index (χ1) is 14.7. The Morgan fingerprint density at radius 1 is 1.23 bits per heavy atom. The van der Waals surface area contributed by atoms with Gasteiger partial charge in [-0.2, -0.15) is 0 Å². The minimum Gasteiger partial charge on any atom is -0.493 e. The molecule has 0 radical (unpaired) electrons. The summed E-state index contributed by atoms with van der Waals surface area (Å²) in [5, 5.41) is 5.56. The Morgan fingerprint density at radius 3 is 2.73 bits per heavy atom. The van der Waals surface area contributed by atoms with E-state index < -0.39 is 0 Å². The molecular formula is C24H32N2O4. The number of morpholine rings is 1. The Morgan fingerprint density at radius 2 is 2.03 bits per heavy atom. The van der Waals surface area contributed by atoms with Crippen molar-refractivity contribution in [1.29, 1.82) is 0 Å². The van der Waals surface area contributed by atoms with Crippen LogP contribution in [0, 0.1) is 6.92 Å². The fraction of sp³-hybridized carbons (Fsp3) is 0.542. The standard InChI is InChI=1S/C24H32N2O4/c1-17-18(16-26(19-8-9-19)24(27)23-15-25-10-13-30-23)14-22(29-12-5-11-28-2)21-7-4-3-6-20(17)21/h3-4,6-7,14,19,23,25H,5,8-13,15-16H2,1-2H3/t23-/m1/s1. The van der Waals surface area contributed by atoms with E-state index in [1.807, 2.05) is 11.0 Å². The van der Waals surface area contributed by atoms with E-state index in [1.54, 1.807) is 7.11 Å². The van der Waals surface area contributed by atoms with Crippen LogP contribution in [-0.4, -0.2) is 63.0 Å². The second kappa shape index (κ2) is 9.77. The van der Waals surface area contributed by atoms with Crippen LogP contribution < -0.4 is 10.1 Å². The smallest absolute Gasteiger partial charge is 0.253 e. The summed E-state index contributed by atoms with van der Waals surface area (Å²) in [6, 6.07) is 10.8. The topological polar surface area (TPSA) is 60.0 Å². The Bertz CT molecular complexity index is 875. The lowest BCUT2D eigenvalue weighted by Gasteiger charge is -2.30. The van der Waals surface area contributed by atoms with Gasteiger partial charge >= 0.3 is 0 Å². The van der Waals surface area contributed by atoms with Crippen molar-refractivity contribution >= 4 is 16.7 Å². The second-order valence-electron chi connectivity index (χ2n) is 8.16. The second-order valence-corrected chi connectivity index (χ2v) is 8.16. The molecule has 1 heterocycles. The van der Waals surface area contributed by atoms with Crippen LogP contribution in [0.15, 0.2) is 30.3 Å². The van der Waals surface area contributed by atoms with E-state index in [9.17, 15) is 4.79 Å². The predicted octanol–water partition coefficient (Wildman–Crippen LogP) is 3.04. The maximum atomic E-state index is 13.2. The summed E-state index contributed by atoms with van der Waals surface area (Å²) in [6.45, 7) is 6.00. The van der Waals surface area contributed by atoms with E-state index in [0.29, 0.717) is 39.0 Å². The number of nitrogens with zero attached hydrogens (tertiary/aromatic N) is 1. The number of benzene rings is 2. The van der Waals surface area contributed by atoms with Crippen LogP contribution in [-0.2, 0) is 20.8 Å². The SMILES string of the molecule is COCCCOc1cc(CN(C(=O)[C@H]2CNCCO2)C2CC2)c(C)c2ccccc12. The van der Waals surface area contributed by atoms with Crippen LogP contribution in [0.1, 0.15) is 30.4 Å². The molecule has 0 bridgehead atoms. The number of hydrogen-bond acceptors (Lipinski definition) is 5. The number of hydrogen-bond donors (Lipinski definition) is 1. The van der Waals surface area contributed by atoms with Gasteiger partial charge in [-0.3, -0.25) is 4.79 Å². The molecule has 2 aliphatic rings. The molecule has 30 heavy (non-hydrogen) atoms. The molecule has 2 aromatic rings. The average Bonchev–Trinajstić information content (AvgIpc) is 3.63. The van der Waals surface area contributed by atoms with E-state index in [1.165, 1.54) is 10.9 Å². The Labute approximate surface area is 178 Å². The minimum absolute atomic E-state index is 0.0971. The third-order valence-electron chi connectivity index (χ3n) is 5.95. The van der Waals surface area contributed by atoms with Gasteiger partial charge in [0.2, 0.25) is 0 Å². The summed E-state index contributed by atoms with van der Waals surface area (Å²) >= 11 is 0. The Balaban J connectivity index is 1.60. The van der Waals surface area contributed by atoms with E-state index >= 15 is 0 Å². The molecule has 0 aromatic heterocycles. The van der Waals surface area contributed by atoms with Gasteiger partial charge in [0, 0.05) is 51.2 Å². The fourth-order valence-electron chi connectivity index (χ4n) is 4.08. The minimum atomic E-state index is -0.384. The van der Waals surface area contributed by atoms with Gasteiger partial charge in [-0.1, -0.05) is 24.3 Å². The van der Waals surface area contributed by atoms with Crippen LogP contribution in [0.5, 0.6) is 5.75 Å². The first kappa shape index (κ1) is 21.1. The molecule has 6 nitrogen and oxygen atoms in total. The van der Waals surface area contributed by atoms with Gasteiger partial charge in [0.15, 0.2) is 0 Å². The number of rotatable bonds is 9. The van der Waals surface area contributed by atoms with Crippen molar-refractivity contribution in [1.82, 2.24) is 10.2 Å². The number of carbonyl (C=O) groups is 1. The number of amides is 1. The Hall–Kier alpha value is -2.15. The quantitative estimate of drug-likeness (QED) is 0.642. The zero-order valence-electron chi connectivity index (χ0n) is 18.0. The number of fused-ring (bicyclic) bond motifs is 1. The van der Waals surface area contributed by atoms with Gasteiger partial charge in [-0.05, 0) is 42.3 Å². The van der Waals surface area contributed by atoms with Crippen molar-refractivity contribution in [3.63, 3.8) is 0 Å². The van der Waals surface area contributed by atoms with E-state index in [2.05, 4.69) is 36.5 Å². The third-order valence-corrected chi connectivity index (χ3v) is 5.95. The molecule has 1 aliphatic carbocycles. The normalized spacial score (nSPS) is 19.1. The summed E-state index contributed by atoms with van der Waals surface area (Å²) in [4.78, 5) is 15.2. The molecule has 2 fully saturated rings. The van der Waals surface area contributed by atoms with E-state index in [4.69, 9.17) is 14.2 Å². The van der Waals surface area contributed by atoms with Crippen LogP contribution in [0.4, 0.5) is 0 Å². The highest BCUT2D eigenvalue weighted by Crippen LogP contribution is 2.35. The van der Waals surface area contributed by atoms with Gasteiger partial charge < -0.3 is 24.4 Å². The summed E-state index contributed by atoms with van der Waals surface area (Å²) in [6.07, 6.45) is 2.59. The molecule has 0 unspecified atom stereocenters. The lowest BCUT2D eigenvalue weighted by molar-refractivity contribution is -0.146. The molecule has 0 spiro atoms. The summed E-state index contributed by atoms with van der Waals surface area (Å²) < 4.78 is 17.0. The first-order valence-corrected chi connectivity index (χ1v) is 10.9. The van der Waals surface area contributed by atoms with Gasteiger partial charge in [0.1, 0.15) is 11.9 Å².